The highest BCUT2D eigenvalue weighted by Crippen LogP contribution is 2.40. The van der Waals surface area contributed by atoms with Crippen LogP contribution in [0.4, 0.5) is 0 Å². The van der Waals surface area contributed by atoms with E-state index >= 15 is 0 Å². The lowest BCUT2D eigenvalue weighted by Crippen LogP contribution is -2.24. The normalized spacial score (nSPS) is 19.9. The largest absolute Gasteiger partial charge is 0.330 e. The molecule has 1 heterocycles. The highest BCUT2D eigenvalue weighted by atomic mass is 32.1. The molecule has 0 aromatic carbocycles. The van der Waals surface area contributed by atoms with Gasteiger partial charge in [0, 0.05) is 11.8 Å². The van der Waals surface area contributed by atoms with Crippen LogP contribution in [0.5, 0.6) is 0 Å². The summed E-state index contributed by atoms with van der Waals surface area (Å²) in [4.78, 5) is 0. The second-order valence-electron chi connectivity index (χ2n) is 5.01. The highest BCUT2D eigenvalue weighted by molar-refractivity contribution is 7.11. The Morgan fingerprint density at radius 3 is 2.69 bits per heavy atom. The number of hydrogen-bond donors (Lipinski definition) is 1. The third-order valence-electron chi connectivity index (χ3n) is 3.54. The molecule has 0 bridgehead atoms. The maximum absolute atomic E-state index is 5.51. The fraction of sp³-hybridized carbons (Fsp3) is 0.833. The fourth-order valence-corrected chi connectivity index (χ4v) is 3.48. The summed E-state index contributed by atoms with van der Waals surface area (Å²) in [6.07, 6.45) is 8.63. The molecule has 2 N–H and O–H groups in total. The van der Waals surface area contributed by atoms with Crippen LogP contribution in [0.15, 0.2) is 0 Å². The van der Waals surface area contributed by atoms with Crippen molar-refractivity contribution < 1.29 is 0 Å². The van der Waals surface area contributed by atoms with Gasteiger partial charge in [0.05, 0.1) is 0 Å². The van der Waals surface area contributed by atoms with Crippen molar-refractivity contribution in [3.05, 3.63) is 10.0 Å². The minimum atomic E-state index is 0.302. The molecule has 1 aliphatic rings. The third-order valence-corrected chi connectivity index (χ3v) is 4.82. The molecule has 2 rings (SSSR count). The minimum Gasteiger partial charge on any atom is -0.330 e. The molecule has 1 aromatic rings. The Balaban J connectivity index is 2.05. The number of nitrogens with zero attached hydrogens (tertiary/aromatic N) is 2. The minimum absolute atomic E-state index is 0.302. The first kappa shape index (κ1) is 12.0. The maximum atomic E-state index is 5.51. The van der Waals surface area contributed by atoms with Gasteiger partial charge in [0.15, 0.2) is 0 Å². The van der Waals surface area contributed by atoms with Gasteiger partial charge >= 0.3 is 0 Å². The lowest BCUT2D eigenvalue weighted by atomic mass is 9.76. The summed E-state index contributed by atoms with van der Waals surface area (Å²) in [5, 5.41) is 11.1. The molecule has 0 aliphatic heterocycles. The van der Waals surface area contributed by atoms with Gasteiger partial charge in [-0.2, -0.15) is 0 Å². The summed E-state index contributed by atoms with van der Waals surface area (Å²) < 4.78 is 0. The summed E-state index contributed by atoms with van der Waals surface area (Å²) >= 11 is 1.80. The first-order valence-corrected chi connectivity index (χ1v) is 7.09. The van der Waals surface area contributed by atoms with E-state index in [0.717, 1.165) is 24.4 Å². The quantitative estimate of drug-likeness (QED) is 0.879. The molecule has 0 radical (unpaired) electrons. The first-order valence-electron chi connectivity index (χ1n) is 6.27. The molecule has 1 saturated carbocycles. The van der Waals surface area contributed by atoms with Crippen LogP contribution in [-0.2, 0) is 11.8 Å². The second kappa shape index (κ2) is 5.23. The predicted molar refractivity (Wildman–Crippen MR) is 67.7 cm³/mol. The van der Waals surface area contributed by atoms with E-state index in [1.807, 2.05) is 0 Å². The number of rotatable bonds is 4. The molecule has 0 unspecified atom stereocenters. The molecule has 90 valence electrons. The first-order chi connectivity index (χ1) is 7.74. The summed E-state index contributed by atoms with van der Waals surface area (Å²) in [6.45, 7) is 3.09. The van der Waals surface area contributed by atoms with Crippen LogP contribution in [0.1, 0.15) is 55.5 Å². The van der Waals surface area contributed by atoms with Crippen molar-refractivity contribution in [2.45, 2.75) is 57.3 Å². The standard InChI is InChI=1S/C12H21N3S/c1-12(7-3-2-4-8-12)11-15-14-10(16-11)6-5-9-13/h2-9,13H2,1H3. The average Bonchev–Trinajstić information content (AvgIpc) is 2.77. The molecule has 1 aromatic heterocycles. The lowest BCUT2D eigenvalue weighted by molar-refractivity contribution is 0.317. The molecule has 0 spiro atoms. The van der Waals surface area contributed by atoms with Gasteiger partial charge in [0.25, 0.3) is 0 Å². The number of hydrogen-bond acceptors (Lipinski definition) is 4. The van der Waals surface area contributed by atoms with Crippen molar-refractivity contribution in [3.63, 3.8) is 0 Å². The van der Waals surface area contributed by atoms with Gasteiger partial charge in [0.2, 0.25) is 0 Å². The van der Waals surface area contributed by atoms with Crippen molar-refractivity contribution in [3.8, 4) is 0 Å². The van der Waals surface area contributed by atoms with Gasteiger partial charge in [-0.25, -0.2) is 0 Å². The van der Waals surface area contributed by atoms with Crippen molar-refractivity contribution in [2.75, 3.05) is 6.54 Å². The molecule has 0 saturated heterocycles. The van der Waals surface area contributed by atoms with E-state index in [2.05, 4.69) is 17.1 Å². The molecule has 4 heteroatoms. The van der Waals surface area contributed by atoms with Gasteiger partial charge in [-0.1, -0.05) is 26.2 Å². The van der Waals surface area contributed by atoms with Gasteiger partial charge in [-0.05, 0) is 25.8 Å². The van der Waals surface area contributed by atoms with Crippen LogP contribution in [0.3, 0.4) is 0 Å². The van der Waals surface area contributed by atoms with Crippen molar-refractivity contribution in [1.29, 1.82) is 0 Å². The molecular weight excluding hydrogens is 218 g/mol. The molecule has 16 heavy (non-hydrogen) atoms. The highest BCUT2D eigenvalue weighted by Gasteiger charge is 2.32. The fourth-order valence-electron chi connectivity index (χ4n) is 2.40. The van der Waals surface area contributed by atoms with Crippen LogP contribution >= 0.6 is 11.3 Å². The molecule has 3 nitrogen and oxygen atoms in total. The number of nitrogens with two attached hydrogens (primary N) is 1. The summed E-state index contributed by atoms with van der Waals surface area (Å²) in [5.74, 6) is 0. The van der Waals surface area contributed by atoms with Crippen molar-refractivity contribution in [1.82, 2.24) is 10.2 Å². The van der Waals surface area contributed by atoms with Crippen molar-refractivity contribution in [2.24, 2.45) is 5.73 Å². The van der Waals surface area contributed by atoms with Gasteiger partial charge in [-0.15, -0.1) is 21.5 Å². The van der Waals surface area contributed by atoms with E-state index in [-0.39, 0.29) is 0 Å². The Labute approximate surface area is 101 Å². The Hall–Kier alpha value is -0.480. The number of aromatic nitrogens is 2. The van der Waals surface area contributed by atoms with E-state index in [1.165, 1.54) is 37.1 Å². The van der Waals surface area contributed by atoms with Gasteiger partial charge in [-0.3, -0.25) is 0 Å². The van der Waals surface area contributed by atoms with Crippen molar-refractivity contribution >= 4 is 11.3 Å². The second-order valence-corrected chi connectivity index (χ2v) is 6.08. The Bertz CT molecular complexity index is 329. The topological polar surface area (TPSA) is 51.8 Å². The monoisotopic (exact) mass is 239 g/mol. The zero-order valence-electron chi connectivity index (χ0n) is 10.0. The molecule has 1 aliphatic carbocycles. The summed E-state index contributed by atoms with van der Waals surface area (Å²) in [6, 6.07) is 0. The molecule has 1 fully saturated rings. The van der Waals surface area contributed by atoms with Crippen LogP contribution in [0.25, 0.3) is 0 Å². The van der Waals surface area contributed by atoms with E-state index in [1.54, 1.807) is 11.3 Å². The Morgan fingerprint density at radius 1 is 1.25 bits per heavy atom. The van der Waals surface area contributed by atoms with Crippen LogP contribution < -0.4 is 5.73 Å². The van der Waals surface area contributed by atoms with Gasteiger partial charge < -0.3 is 5.73 Å². The van der Waals surface area contributed by atoms with E-state index in [0.29, 0.717) is 5.41 Å². The summed E-state index contributed by atoms with van der Waals surface area (Å²) in [5.41, 5.74) is 5.81. The molecular formula is C12H21N3S. The molecule has 0 atom stereocenters. The van der Waals surface area contributed by atoms with E-state index in [4.69, 9.17) is 5.73 Å². The third kappa shape index (κ3) is 2.61. The van der Waals surface area contributed by atoms with E-state index in [9.17, 15) is 0 Å². The zero-order chi connectivity index (χ0) is 11.4. The Kier molecular flexibility index (Phi) is 3.92. The van der Waals surface area contributed by atoms with Gasteiger partial charge in [0.1, 0.15) is 10.0 Å². The molecule has 0 amide bonds. The SMILES string of the molecule is CC1(c2nnc(CCCN)s2)CCCCC1. The summed E-state index contributed by atoms with van der Waals surface area (Å²) in [7, 11) is 0. The maximum Gasteiger partial charge on any atom is 0.123 e. The van der Waals surface area contributed by atoms with Crippen LogP contribution in [0, 0.1) is 0 Å². The zero-order valence-corrected chi connectivity index (χ0v) is 10.9. The van der Waals surface area contributed by atoms with Crippen LogP contribution in [0.2, 0.25) is 0 Å². The lowest BCUT2D eigenvalue weighted by Gasteiger charge is -2.30. The number of aryl methyl sites for hydroxylation is 1. The van der Waals surface area contributed by atoms with Crippen LogP contribution in [-0.4, -0.2) is 16.7 Å². The smallest absolute Gasteiger partial charge is 0.123 e. The average molecular weight is 239 g/mol. The van der Waals surface area contributed by atoms with E-state index < -0.39 is 0 Å². The Morgan fingerprint density at radius 2 is 2.00 bits per heavy atom. The predicted octanol–water partition coefficient (Wildman–Crippen LogP) is 2.65.